The van der Waals surface area contributed by atoms with Gasteiger partial charge < -0.3 is 9.80 Å². The Morgan fingerprint density at radius 1 is 0.886 bits per heavy atom. The molecule has 7 heteroatoms. The van der Waals surface area contributed by atoms with Gasteiger partial charge in [0.1, 0.15) is 4.88 Å². The molecule has 0 saturated carbocycles. The number of amides is 1. The van der Waals surface area contributed by atoms with Crippen LogP contribution in [-0.2, 0) is 6.54 Å². The Labute approximate surface area is 226 Å². The summed E-state index contributed by atoms with van der Waals surface area (Å²) >= 11 is 20.7. The summed E-state index contributed by atoms with van der Waals surface area (Å²) in [4.78, 5) is 18.6. The van der Waals surface area contributed by atoms with Crippen molar-refractivity contribution in [2.24, 2.45) is 0 Å². The van der Waals surface area contributed by atoms with Gasteiger partial charge in [0, 0.05) is 28.2 Å². The molecule has 0 unspecified atom stereocenters. The maximum Gasteiger partial charge on any atom is 0.265 e. The van der Waals surface area contributed by atoms with Gasteiger partial charge in [-0.1, -0.05) is 85.0 Å². The van der Waals surface area contributed by atoms with E-state index in [0.29, 0.717) is 38.4 Å². The number of benzene rings is 3. The minimum Gasteiger partial charge on any atom is -0.334 e. The fourth-order valence-corrected chi connectivity index (χ4v) is 6.72. The van der Waals surface area contributed by atoms with Crippen LogP contribution in [-0.4, -0.2) is 41.9 Å². The van der Waals surface area contributed by atoms with Gasteiger partial charge in [0.05, 0.1) is 10.0 Å². The number of fused-ring (bicyclic) bond motifs is 2. The molecule has 0 spiro atoms. The van der Waals surface area contributed by atoms with E-state index in [4.69, 9.17) is 34.8 Å². The van der Waals surface area contributed by atoms with Crippen molar-refractivity contribution >= 4 is 72.9 Å². The molecule has 1 amide bonds. The molecule has 1 aromatic heterocycles. The van der Waals surface area contributed by atoms with Crippen LogP contribution in [0.2, 0.25) is 15.1 Å². The molecule has 35 heavy (non-hydrogen) atoms. The van der Waals surface area contributed by atoms with Crippen LogP contribution in [0, 0.1) is 0 Å². The molecule has 0 N–H and O–H groups in total. The molecule has 0 atom stereocenters. The lowest BCUT2D eigenvalue weighted by atomic mass is 10.1. The molecule has 0 radical (unpaired) electrons. The highest BCUT2D eigenvalue weighted by Crippen LogP contribution is 2.41. The van der Waals surface area contributed by atoms with Crippen molar-refractivity contribution in [3.05, 3.63) is 80.1 Å². The molecule has 0 aliphatic heterocycles. The van der Waals surface area contributed by atoms with Gasteiger partial charge in [0.25, 0.3) is 5.91 Å². The molecule has 3 aromatic carbocycles. The third-order valence-electron chi connectivity index (χ3n) is 6.37. The quantitative estimate of drug-likeness (QED) is 0.185. The van der Waals surface area contributed by atoms with Crippen LogP contribution in [0.1, 0.15) is 41.9 Å². The van der Waals surface area contributed by atoms with Crippen LogP contribution in [0.15, 0.2) is 54.6 Å². The van der Waals surface area contributed by atoms with E-state index in [9.17, 15) is 4.79 Å². The van der Waals surface area contributed by atoms with E-state index in [1.807, 2.05) is 23.1 Å². The maximum absolute atomic E-state index is 13.8. The van der Waals surface area contributed by atoms with Crippen LogP contribution >= 0.6 is 46.1 Å². The molecule has 0 bridgehead atoms. The van der Waals surface area contributed by atoms with Crippen molar-refractivity contribution in [1.29, 1.82) is 0 Å². The molecule has 4 aromatic rings. The van der Waals surface area contributed by atoms with Crippen molar-refractivity contribution in [1.82, 2.24) is 9.80 Å². The molecule has 4 rings (SSSR count). The number of nitrogens with zero attached hydrogens (tertiary/aromatic N) is 2. The Morgan fingerprint density at radius 3 is 2.34 bits per heavy atom. The second-order valence-electron chi connectivity index (χ2n) is 8.65. The first-order valence-corrected chi connectivity index (χ1v) is 13.9. The summed E-state index contributed by atoms with van der Waals surface area (Å²) in [5.74, 6) is -0.0700. The lowest BCUT2D eigenvalue weighted by molar-refractivity contribution is 0.0744. The van der Waals surface area contributed by atoms with Gasteiger partial charge in [-0.05, 0) is 67.0 Å². The summed E-state index contributed by atoms with van der Waals surface area (Å²) in [5.41, 5.74) is 1.10. The maximum atomic E-state index is 13.8. The van der Waals surface area contributed by atoms with Crippen molar-refractivity contribution in [3.8, 4) is 0 Å². The minimum atomic E-state index is -0.0700. The Bertz CT molecular complexity index is 1330. The Morgan fingerprint density at radius 2 is 1.60 bits per heavy atom. The molecule has 0 saturated heterocycles. The van der Waals surface area contributed by atoms with Crippen LogP contribution < -0.4 is 0 Å². The lowest BCUT2D eigenvalue weighted by Gasteiger charge is -2.24. The molecule has 0 fully saturated rings. The average Bonchev–Trinajstić information content (AvgIpc) is 3.19. The number of halogens is 3. The molecular weight excluding hydrogens is 519 g/mol. The van der Waals surface area contributed by atoms with E-state index in [1.165, 1.54) is 22.1 Å². The second-order valence-corrected chi connectivity index (χ2v) is 10.9. The standard InChI is InChI=1S/C28H29Cl3N2OS/c1-3-32(4-2)13-7-8-14-33(18-19-11-12-20-9-5-6-10-21(20)15-19)28(34)27-26(31)25-23(30)16-22(29)17-24(25)35-27/h5-6,9-12,15-17H,3-4,7-8,13-14,18H2,1-2H3. The van der Waals surface area contributed by atoms with E-state index in [2.05, 4.69) is 49.1 Å². The Kier molecular flexibility index (Phi) is 8.96. The molecule has 184 valence electrons. The van der Waals surface area contributed by atoms with Gasteiger partial charge in [0.2, 0.25) is 0 Å². The van der Waals surface area contributed by atoms with Crippen LogP contribution in [0.25, 0.3) is 20.9 Å². The smallest absolute Gasteiger partial charge is 0.265 e. The number of thiophene rings is 1. The molecule has 0 aliphatic rings. The molecule has 1 heterocycles. The van der Waals surface area contributed by atoms with E-state index in [0.717, 1.165) is 42.7 Å². The average molecular weight is 548 g/mol. The normalized spacial score (nSPS) is 11.6. The number of hydrogen-bond acceptors (Lipinski definition) is 3. The zero-order chi connectivity index (χ0) is 24.9. The number of carbonyl (C=O) groups is 1. The number of carbonyl (C=O) groups excluding carboxylic acids is 1. The first-order valence-electron chi connectivity index (χ1n) is 12.0. The van der Waals surface area contributed by atoms with Crippen LogP contribution in [0.4, 0.5) is 0 Å². The summed E-state index contributed by atoms with van der Waals surface area (Å²) in [5, 5.41) is 4.45. The summed E-state index contributed by atoms with van der Waals surface area (Å²) in [6.07, 6.45) is 1.95. The second kappa shape index (κ2) is 11.9. The van der Waals surface area contributed by atoms with Crippen LogP contribution in [0.5, 0.6) is 0 Å². The van der Waals surface area contributed by atoms with E-state index in [-0.39, 0.29) is 5.91 Å². The Hall–Kier alpha value is -1.82. The predicted molar refractivity (Wildman–Crippen MR) is 153 cm³/mol. The highest BCUT2D eigenvalue weighted by molar-refractivity contribution is 7.21. The van der Waals surface area contributed by atoms with Crippen molar-refractivity contribution < 1.29 is 4.79 Å². The largest absolute Gasteiger partial charge is 0.334 e. The van der Waals surface area contributed by atoms with Crippen molar-refractivity contribution in [3.63, 3.8) is 0 Å². The van der Waals surface area contributed by atoms with E-state index >= 15 is 0 Å². The summed E-state index contributed by atoms with van der Waals surface area (Å²) in [6, 6.07) is 18.1. The fraction of sp³-hybridized carbons (Fsp3) is 0.321. The topological polar surface area (TPSA) is 23.6 Å². The summed E-state index contributed by atoms with van der Waals surface area (Å²) in [7, 11) is 0. The zero-order valence-corrected chi connectivity index (χ0v) is 23.1. The highest BCUT2D eigenvalue weighted by Gasteiger charge is 2.24. The number of unbranched alkanes of at least 4 members (excludes halogenated alkanes) is 1. The predicted octanol–water partition coefficient (Wildman–Crippen LogP) is 8.78. The number of rotatable bonds is 10. The van der Waals surface area contributed by atoms with Gasteiger partial charge in [0.15, 0.2) is 0 Å². The van der Waals surface area contributed by atoms with Gasteiger partial charge in [-0.3, -0.25) is 4.79 Å². The van der Waals surface area contributed by atoms with Gasteiger partial charge in [-0.15, -0.1) is 11.3 Å². The van der Waals surface area contributed by atoms with Crippen LogP contribution in [0.3, 0.4) is 0 Å². The number of hydrogen-bond donors (Lipinski definition) is 0. The SMILES string of the molecule is CCN(CC)CCCCN(Cc1ccc2ccccc2c1)C(=O)c1sc2cc(Cl)cc(Cl)c2c1Cl. The third kappa shape index (κ3) is 6.12. The zero-order valence-electron chi connectivity index (χ0n) is 20.0. The summed E-state index contributed by atoms with van der Waals surface area (Å²) in [6.45, 7) is 8.65. The monoisotopic (exact) mass is 546 g/mol. The summed E-state index contributed by atoms with van der Waals surface area (Å²) < 4.78 is 0.822. The van der Waals surface area contributed by atoms with Gasteiger partial charge in [-0.2, -0.15) is 0 Å². The van der Waals surface area contributed by atoms with Crippen molar-refractivity contribution in [2.75, 3.05) is 26.2 Å². The lowest BCUT2D eigenvalue weighted by Crippen LogP contribution is -2.32. The van der Waals surface area contributed by atoms with Gasteiger partial charge >= 0.3 is 0 Å². The molecule has 3 nitrogen and oxygen atoms in total. The van der Waals surface area contributed by atoms with E-state index in [1.54, 1.807) is 6.07 Å². The highest BCUT2D eigenvalue weighted by atomic mass is 35.5. The minimum absolute atomic E-state index is 0.0700. The molecular formula is C28H29Cl3N2OS. The first-order chi connectivity index (χ1) is 16.9. The van der Waals surface area contributed by atoms with Crippen molar-refractivity contribution in [2.45, 2.75) is 33.2 Å². The fourth-order valence-electron chi connectivity index (χ4n) is 4.38. The third-order valence-corrected chi connectivity index (χ3v) is 8.50. The first kappa shape index (κ1) is 26.2. The Balaban J connectivity index is 1.61. The van der Waals surface area contributed by atoms with E-state index < -0.39 is 0 Å². The molecule has 0 aliphatic carbocycles. The van der Waals surface area contributed by atoms with Gasteiger partial charge in [-0.25, -0.2) is 0 Å².